The van der Waals surface area contributed by atoms with Crippen molar-refractivity contribution >= 4 is 27.9 Å². The minimum atomic E-state index is -0.878. The molecule has 172 valence electrons. The Morgan fingerprint density at radius 2 is 1.97 bits per heavy atom. The van der Waals surface area contributed by atoms with Crippen LogP contribution in [-0.2, 0) is 0 Å². The number of nitrogens with one attached hydrogen (secondary N) is 2. The molecule has 1 aromatic heterocycles. The Hall–Kier alpha value is -4.23. The van der Waals surface area contributed by atoms with Crippen molar-refractivity contribution in [2.75, 3.05) is 24.3 Å². The number of aliphatic hydroxyl groups is 1. The third-order valence-electron chi connectivity index (χ3n) is 5.77. The number of aliphatic hydroxyl groups excluding tert-OH is 1. The summed E-state index contributed by atoms with van der Waals surface area (Å²) < 4.78 is 11.5. The molecule has 2 heterocycles. The molecule has 0 fully saturated rings. The molecule has 34 heavy (non-hydrogen) atoms. The number of hydrogen-bond donors (Lipinski definition) is 4. The molecule has 5 rings (SSSR count). The lowest BCUT2D eigenvalue weighted by molar-refractivity contribution is 0.210. The van der Waals surface area contributed by atoms with E-state index < -0.39 is 6.23 Å². The van der Waals surface area contributed by atoms with Gasteiger partial charge in [-0.25, -0.2) is 0 Å². The minimum absolute atomic E-state index is 0.0716. The Morgan fingerprint density at radius 1 is 1.09 bits per heavy atom. The predicted molar refractivity (Wildman–Crippen MR) is 133 cm³/mol. The zero-order chi connectivity index (χ0) is 23.7. The van der Waals surface area contributed by atoms with E-state index in [1.165, 1.54) is 7.11 Å². The third-order valence-corrected chi connectivity index (χ3v) is 5.77. The number of aromatic nitrogens is 1. The van der Waals surface area contributed by atoms with Crippen molar-refractivity contribution < 1.29 is 19.7 Å². The smallest absolute Gasteiger partial charge is 0.161 e. The fourth-order valence-electron chi connectivity index (χ4n) is 4.13. The molecule has 7 heteroatoms. The summed E-state index contributed by atoms with van der Waals surface area (Å²) in [5.41, 5.74) is 4.03. The van der Waals surface area contributed by atoms with Gasteiger partial charge in [0.25, 0.3) is 0 Å². The Labute approximate surface area is 197 Å². The van der Waals surface area contributed by atoms with E-state index in [0.29, 0.717) is 23.8 Å². The van der Waals surface area contributed by atoms with Crippen molar-refractivity contribution in [3.05, 3.63) is 89.8 Å². The molecule has 0 aliphatic carbocycles. The summed E-state index contributed by atoms with van der Waals surface area (Å²) in [5.74, 6) is 1.80. The van der Waals surface area contributed by atoms with Crippen molar-refractivity contribution in [1.29, 1.82) is 0 Å². The molecule has 0 spiro atoms. The number of fused-ring (bicyclic) bond motifs is 2. The topological polar surface area (TPSA) is 95.9 Å². The number of nitrogens with zero attached hydrogens (tertiary/aromatic N) is 1. The molecule has 4 N–H and O–H groups in total. The maximum Gasteiger partial charge on any atom is 0.161 e. The molecule has 1 aliphatic heterocycles. The van der Waals surface area contributed by atoms with Crippen LogP contribution in [0.2, 0.25) is 0 Å². The van der Waals surface area contributed by atoms with Crippen LogP contribution in [0.5, 0.6) is 17.2 Å². The first kappa shape index (κ1) is 21.6. The molecule has 0 radical (unpaired) electrons. The number of pyridine rings is 1. The van der Waals surface area contributed by atoms with E-state index in [-0.39, 0.29) is 5.75 Å². The monoisotopic (exact) mass is 455 g/mol. The van der Waals surface area contributed by atoms with Gasteiger partial charge in [0, 0.05) is 47.0 Å². The summed E-state index contributed by atoms with van der Waals surface area (Å²) in [6.07, 6.45) is 2.78. The number of anilines is 2. The van der Waals surface area contributed by atoms with Gasteiger partial charge in [0.1, 0.15) is 11.5 Å². The highest BCUT2D eigenvalue weighted by atomic mass is 16.5. The molecule has 0 saturated carbocycles. The van der Waals surface area contributed by atoms with Gasteiger partial charge in [-0.3, -0.25) is 4.98 Å². The molecular weight excluding hydrogens is 430 g/mol. The Kier molecular flexibility index (Phi) is 5.69. The number of aryl methyl sites for hydroxylation is 1. The average molecular weight is 456 g/mol. The number of phenolic OH excluding ortho intramolecular Hbond substituents is 1. The van der Waals surface area contributed by atoms with E-state index in [2.05, 4.69) is 15.6 Å². The highest BCUT2D eigenvalue weighted by molar-refractivity contribution is 5.88. The van der Waals surface area contributed by atoms with Crippen molar-refractivity contribution in [2.45, 2.75) is 13.2 Å². The van der Waals surface area contributed by atoms with Crippen LogP contribution in [0.25, 0.3) is 16.5 Å². The summed E-state index contributed by atoms with van der Waals surface area (Å²) >= 11 is 0. The highest BCUT2D eigenvalue weighted by Gasteiger charge is 2.19. The largest absolute Gasteiger partial charge is 0.504 e. The van der Waals surface area contributed by atoms with E-state index >= 15 is 0 Å². The van der Waals surface area contributed by atoms with Crippen LogP contribution in [0.4, 0.5) is 11.4 Å². The second kappa shape index (κ2) is 8.96. The number of methoxy groups -OCH3 is 1. The molecule has 4 aromatic rings. The van der Waals surface area contributed by atoms with Gasteiger partial charge in [0.15, 0.2) is 17.7 Å². The zero-order valence-electron chi connectivity index (χ0n) is 18.9. The molecule has 0 bridgehead atoms. The number of ether oxygens (including phenoxy) is 2. The van der Waals surface area contributed by atoms with Crippen LogP contribution in [0.3, 0.4) is 0 Å². The Morgan fingerprint density at radius 3 is 2.79 bits per heavy atom. The first-order valence-corrected chi connectivity index (χ1v) is 10.9. The zero-order valence-corrected chi connectivity index (χ0v) is 18.9. The van der Waals surface area contributed by atoms with E-state index in [1.54, 1.807) is 18.3 Å². The number of aromatic hydroxyl groups is 1. The van der Waals surface area contributed by atoms with Crippen LogP contribution in [-0.4, -0.2) is 28.9 Å². The SMILES string of the molecule is COc1cc2c(cc1O)NCC=C2Oc1ccc2c(C(O)Nc3ccnc(C)c3)cccc2c1. The second-order valence-corrected chi connectivity index (χ2v) is 8.08. The van der Waals surface area contributed by atoms with Gasteiger partial charge < -0.3 is 30.3 Å². The number of hydrogen-bond acceptors (Lipinski definition) is 7. The molecular formula is C27H25N3O4. The minimum Gasteiger partial charge on any atom is -0.504 e. The Bertz CT molecular complexity index is 1400. The van der Waals surface area contributed by atoms with Crippen molar-refractivity contribution in [3.63, 3.8) is 0 Å². The van der Waals surface area contributed by atoms with E-state index in [1.807, 2.05) is 61.5 Å². The molecule has 1 aliphatic rings. The second-order valence-electron chi connectivity index (χ2n) is 8.08. The van der Waals surface area contributed by atoms with Crippen LogP contribution in [0, 0.1) is 6.92 Å². The number of phenols is 1. The van der Waals surface area contributed by atoms with Crippen molar-refractivity contribution in [2.24, 2.45) is 0 Å². The predicted octanol–water partition coefficient (Wildman–Crippen LogP) is 5.21. The lowest BCUT2D eigenvalue weighted by atomic mass is 10.0. The summed E-state index contributed by atoms with van der Waals surface area (Å²) in [5, 5.41) is 29.2. The maximum absolute atomic E-state index is 10.9. The number of rotatable bonds is 6. The molecule has 1 unspecified atom stereocenters. The lowest BCUT2D eigenvalue weighted by Crippen LogP contribution is -2.11. The summed E-state index contributed by atoms with van der Waals surface area (Å²) in [4.78, 5) is 4.19. The molecule has 0 saturated heterocycles. The summed E-state index contributed by atoms with van der Waals surface area (Å²) in [6, 6.07) is 18.7. The van der Waals surface area contributed by atoms with Gasteiger partial charge in [-0.15, -0.1) is 0 Å². The molecule has 0 amide bonds. The lowest BCUT2D eigenvalue weighted by Gasteiger charge is -2.21. The maximum atomic E-state index is 10.9. The molecule has 3 aromatic carbocycles. The Balaban J connectivity index is 1.42. The summed E-state index contributed by atoms with van der Waals surface area (Å²) in [7, 11) is 1.52. The quantitative estimate of drug-likeness (QED) is 0.297. The van der Waals surface area contributed by atoms with E-state index in [4.69, 9.17) is 9.47 Å². The third kappa shape index (κ3) is 4.21. The van der Waals surface area contributed by atoms with Crippen LogP contribution < -0.4 is 20.1 Å². The molecule has 1 atom stereocenters. The van der Waals surface area contributed by atoms with E-state index in [9.17, 15) is 10.2 Å². The fraction of sp³-hybridized carbons (Fsp3) is 0.148. The highest BCUT2D eigenvalue weighted by Crippen LogP contribution is 2.39. The van der Waals surface area contributed by atoms with Gasteiger partial charge >= 0.3 is 0 Å². The summed E-state index contributed by atoms with van der Waals surface area (Å²) in [6.45, 7) is 2.49. The van der Waals surface area contributed by atoms with Crippen molar-refractivity contribution in [3.8, 4) is 17.2 Å². The van der Waals surface area contributed by atoms with Gasteiger partial charge in [0.2, 0.25) is 0 Å². The normalized spacial score (nSPS) is 13.4. The average Bonchev–Trinajstić information content (AvgIpc) is 2.83. The fourth-order valence-corrected chi connectivity index (χ4v) is 4.13. The van der Waals surface area contributed by atoms with Gasteiger partial charge in [0.05, 0.1) is 7.11 Å². The van der Waals surface area contributed by atoms with Gasteiger partial charge in [-0.05, 0) is 54.1 Å². The first-order chi connectivity index (χ1) is 16.5. The van der Waals surface area contributed by atoms with Crippen LogP contribution in [0.1, 0.15) is 23.0 Å². The van der Waals surface area contributed by atoms with E-state index in [0.717, 1.165) is 39.0 Å². The standard InChI is InChI=1S/C27H25N3O4/c1-16-12-18(8-10-28-16)30-27(32)21-5-3-4-17-13-19(6-7-20(17)21)34-25-9-11-29-23-15-24(31)26(33-2)14-22(23)25/h3-10,12-15,27,29,31-32H,11H2,1-2H3,(H,28,30). The number of benzene rings is 3. The van der Waals surface area contributed by atoms with Gasteiger partial charge in [-0.1, -0.05) is 24.3 Å². The van der Waals surface area contributed by atoms with Crippen LogP contribution >= 0.6 is 0 Å². The molecule has 7 nitrogen and oxygen atoms in total. The first-order valence-electron chi connectivity index (χ1n) is 10.9. The van der Waals surface area contributed by atoms with Crippen molar-refractivity contribution in [1.82, 2.24) is 4.98 Å². The van der Waals surface area contributed by atoms with Gasteiger partial charge in [-0.2, -0.15) is 0 Å². The van der Waals surface area contributed by atoms with Crippen LogP contribution in [0.15, 0.2) is 72.9 Å².